The van der Waals surface area contributed by atoms with E-state index in [4.69, 9.17) is 4.74 Å². The molecule has 2 aliphatic carbocycles. The number of hydrogen-bond donors (Lipinski definition) is 1. The first-order valence-electron chi connectivity index (χ1n) is 9.36. The fraction of sp³-hybridized carbons (Fsp3) is 0.600. The van der Waals surface area contributed by atoms with Crippen LogP contribution in [0.25, 0.3) is 0 Å². The third kappa shape index (κ3) is 3.12. The van der Waals surface area contributed by atoms with Crippen LogP contribution in [0.15, 0.2) is 24.3 Å². The van der Waals surface area contributed by atoms with Gasteiger partial charge in [-0.05, 0) is 44.6 Å². The summed E-state index contributed by atoms with van der Waals surface area (Å²) in [6.45, 7) is 1.35. The first kappa shape index (κ1) is 16.4. The molecule has 0 spiro atoms. The van der Waals surface area contributed by atoms with Gasteiger partial charge in [0.05, 0.1) is 7.11 Å². The van der Waals surface area contributed by atoms with Gasteiger partial charge in [0, 0.05) is 30.0 Å². The monoisotopic (exact) mass is 342 g/mol. The first-order valence-corrected chi connectivity index (χ1v) is 9.36. The summed E-state index contributed by atoms with van der Waals surface area (Å²) in [5.74, 6) is 1.26. The Morgan fingerprint density at radius 1 is 1.24 bits per heavy atom. The summed E-state index contributed by atoms with van der Waals surface area (Å²) in [4.78, 5) is 26.9. The number of benzene rings is 1. The SMILES string of the molecule is COc1ccccc1C1(CNC(=O)[C@@H]2CCCN2C(=O)C2CC2)CC1. The molecule has 5 heteroatoms. The molecule has 0 radical (unpaired) electrons. The highest BCUT2D eigenvalue weighted by atomic mass is 16.5. The Morgan fingerprint density at radius 3 is 2.68 bits per heavy atom. The molecule has 1 atom stereocenters. The fourth-order valence-electron chi connectivity index (χ4n) is 4.02. The van der Waals surface area contributed by atoms with Gasteiger partial charge in [-0.25, -0.2) is 0 Å². The summed E-state index contributed by atoms with van der Waals surface area (Å²) >= 11 is 0. The third-order valence-electron chi connectivity index (χ3n) is 5.90. The molecule has 134 valence electrons. The molecule has 0 unspecified atom stereocenters. The predicted molar refractivity (Wildman–Crippen MR) is 94.4 cm³/mol. The predicted octanol–water partition coefficient (Wildman–Crippen LogP) is 2.24. The average Bonchev–Trinajstić information content (AvgIpc) is 3.57. The van der Waals surface area contributed by atoms with Crippen molar-refractivity contribution >= 4 is 11.8 Å². The van der Waals surface area contributed by atoms with Crippen molar-refractivity contribution in [1.29, 1.82) is 0 Å². The zero-order valence-electron chi connectivity index (χ0n) is 14.8. The van der Waals surface area contributed by atoms with Gasteiger partial charge < -0.3 is 15.0 Å². The molecule has 2 saturated carbocycles. The van der Waals surface area contributed by atoms with Gasteiger partial charge in [0.15, 0.2) is 0 Å². The summed E-state index contributed by atoms with van der Waals surface area (Å²) in [6, 6.07) is 7.78. The summed E-state index contributed by atoms with van der Waals surface area (Å²) in [6.07, 6.45) is 5.80. The molecule has 2 amide bonds. The first-order chi connectivity index (χ1) is 12.1. The lowest BCUT2D eigenvalue weighted by Crippen LogP contribution is -2.48. The standard InChI is InChI=1S/C20H26N2O3/c1-25-17-7-3-2-5-15(17)20(10-11-20)13-21-18(23)16-6-4-12-22(16)19(24)14-8-9-14/h2-3,5,7,14,16H,4,6,8-13H2,1H3,(H,21,23)/t16-/m0/s1. The summed E-state index contributed by atoms with van der Waals surface area (Å²) in [5.41, 5.74) is 1.17. The minimum atomic E-state index is -0.276. The van der Waals surface area contributed by atoms with E-state index in [1.54, 1.807) is 7.11 Å². The highest BCUT2D eigenvalue weighted by molar-refractivity contribution is 5.90. The molecule has 3 fully saturated rings. The molecule has 5 nitrogen and oxygen atoms in total. The Bertz CT molecular complexity index is 679. The second-order valence-electron chi connectivity index (χ2n) is 7.66. The number of carbonyl (C=O) groups is 2. The van der Waals surface area contributed by atoms with Gasteiger partial charge in [-0.2, -0.15) is 0 Å². The summed E-state index contributed by atoms with van der Waals surface area (Å²) < 4.78 is 5.49. The van der Waals surface area contributed by atoms with Crippen LogP contribution in [0.3, 0.4) is 0 Å². The molecule has 1 heterocycles. The van der Waals surface area contributed by atoms with E-state index in [1.807, 2.05) is 23.1 Å². The maximum Gasteiger partial charge on any atom is 0.242 e. The van der Waals surface area contributed by atoms with Gasteiger partial charge >= 0.3 is 0 Å². The Morgan fingerprint density at radius 2 is 2.00 bits per heavy atom. The topological polar surface area (TPSA) is 58.6 Å². The number of ether oxygens (including phenoxy) is 1. The molecule has 25 heavy (non-hydrogen) atoms. The van der Waals surface area contributed by atoms with E-state index in [0.29, 0.717) is 6.54 Å². The highest BCUT2D eigenvalue weighted by Gasteiger charge is 2.47. The zero-order valence-corrected chi connectivity index (χ0v) is 14.8. The zero-order chi connectivity index (χ0) is 17.4. The third-order valence-corrected chi connectivity index (χ3v) is 5.90. The van der Waals surface area contributed by atoms with Gasteiger partial charge in [-0.15, -0.1) is 0 Å². The molecule has 0 aromatic heterocycles. The van der Waals surface area contributed by atoms with Crippen molar-refractivity contribution < 1.29 is 14.3 Å². The van der Waals surface area contributed by atoms with Crippen LogP contribution >= 0.6 is 0 Å². The van der Waals surface area contributed by atoms with Gasteiger partial charge in [-0.1, -0.05) is 18.2 Å². The van der Waals surface area contributed by atoms with Crippen LogP contribution in [0.5, 0.6) is 5.75 Å². The normalized spacial score (nSPS) is 24.0. The van der Waals surface area contributed by atoms with E-state index >= 15 is 0 Å². The van der Waals surface area contributed by atoms with Gasteiger partial charge in [-0.3, -0.25) is 9.59 Å². The smallest absolute Gasteiger partial charge is 0.242 e. The Kier molecular flexibility index (Phi) is 4.18. The van der Waals surface area contributed by atoms with Crippen LogP contribution in [0.4, 0.5) is 0 Å². The van der Waals surface area contributed by atoms with Crippen LogP contribution in [0.1, 0.15) is 44.1 Å². The van der Waals surface area contributed by atoms with E-state index in [-0.39, 0.29) is 29.2 Å². The van der Waals surface area contributed by atoms with Crippen molar-refractivity contribution in [3.63, 3.8) is 0 Å². The molecule has 3 aliphatic rings. The van der Waals surface area contributed by atoms with Crippen molar-refractivity contribution in [3.05, 3.63) is 29.8 Å². The molecular weight excluding hydrogens is 316 g/mol. The maximum atomic E-state index is 12.7. The van der Waals surface area contributed by atoms with Crippen molar-refractivity contribution in [2.75, 3.05) is 20.2 Å². The molecule has 1 saturated heterocycles. The largest absolute Gasteiger partial charge is 0.496 e. The van der Waals surface area contributed by atoms with Gasteiger partial charge in [0.25, 0.3) is 0 Å². The highest BCUT2D eigenvalue weighted by Crippen LogP contribution is 2.50. The second kappa shape index (κ2) is 6.36. The van der Waals surface area contributed by atoms with Gasteiger partial charge in [0.2, 0.25) is 11.8 Å². The van der Waals surface area contributed by atoms with E-state index in [9.17, 15) is 9.59 Å². The number of hydrogen-bond acceptors (Lipinski definition) is 3. The number of rotatable bonds is 6. The molecule has 0 bridgehead atoms. The average molecular weight is 342 g/mol. The second-order valence-corrected chi connectivity index (χ2v) is 7.66. The summed E-state index contributed by atoms with van der Waals surface area (Å²) in [5, 5.41) is 3.13. The van der Waals surface area contributed by atoms with Crippen molar-refractivity contribution in [2.24, 2.45) is 5.92 Å². The number of likely N-dealkylation sites (tertiary alicyclic amines) is 1. The fourth-order valence-corrected chi connectivity index (χ4v) is 4.02. The number of methoxy groups -OCH3 is 1. The lowest BCUT2D eigenvalue weighted by molar-refractivity contribution is -0.139. The molecule has 4 rings (SSSR count). The van der Waals surface area contributed by atoms with Crippen molar-refractivity contribution in [2.45, 2.75) is 50.0 Å². The van der Waals surface area contributed by atoms with Crippen LogP contribution in [0.2, 0.25) is 0 Å². The minimum Gasteiger partial charge on any atom is -0.496 e. The molecule has 1 N–H and O–H groups in total. The number of nitrogens with one attached hydrogen (secondary N) is 1. The Labute approximate surface area is 148 Å². The van der Waals surface area contributed by atoms with E-state index in [2.05, 4.69) is 11.4 Å². The lowest BCUT2D eigenvalue weighted by atomic mass is 9.94. The van der Waals surface area contributed by atoms with Crippen LogP contribution < -0.4 is 10.1 Å². The van der Waals surface area contributed by atoms with Crippen LogP contribution in [-0.2, 0) is 15.0 Å². The number of amides is 2. The van der Waals surface area contributed by atoms with Crippen molar-refractivity contribution in [1.82, 2.24) is 10.2 Å². The number of carbonyl (C=O) groups excluding carboxylic acids is 2. The van der Waals surface area contributed by atoms with Crippen LogP contribution in [0, 0.1) is 5.92 Å². The van der Waals surface area contributed by atoms with Crippen LogP contribution in [-0.4, -0.2) is 43.0 Å². The lowest BCUT2D eigenvalue weighted by Gasteiger charge is -2.25. The summed E-state index contributed by atoms with van der Waals surface area (Å²) in [7, 11) is 1.69. The minimum absolute atomic E-state index is 0.00710. The molecule has 1 aromatic rings. The van der Waals surface area contributed by atoms with E-state index < -0.39 is 0 Å². The van der Waals surface area contributed by atoms with Crippen molar-refractivity contribution in [3.8, 4) is 5.75 Å². The molecule has 1 aliphatic heterocycles. The van der Waals surface area contributed by atoms with E-state index in [0.717, 1.165) is 50.8 Å². The number of nitrogens with zero attached hydrogens (tertiary/aromatic N) is 1. The Balaban J connectivity index is 1.40. The Hall–Kier alpha value is -2.04. The maximum absolute atomic E-state index is 12.7. The quantitative estimate of drug-likeness (QED) is 0.863. The molecule has 1 aromatic carbocycles. The number of para-hydroxylation sites is 1. The van der Waals surface area contributed by atoms with E-state index in [1.165, 1.54) is 5.56 Å². The van der Waals surface area contributed by atoms with Gasteiger partial charge in [0.1, 0.15) is 11.8 Å². The molecular formula is C20H26N2O3.